The van der Waals surface area contributed by atoms with Crippen LogP contribution in [0.2, 0.25) is 0 Å². The van der Waals surface area contributed by atoms with Crippen molar-refractivity contribution in [3.05, 3.63) is 58.4 Å². The molecule has 1 atom stereocenters. The van der Waals surface area contributed by atoms with Crippen LogP contribution in [-0.4, -0.2) is 29.0 Å². The zero-order valence-corrected chi connectivity index (χ0v) is 17.1. The maximum Gasteiger partial charge on any atom is 0.164 e. The van der Waals surface area contributed by atoms with Gasteiger partial charge in [-0.05, 0) is 38.8 Å². The van der Waals surface area contributed by atoms with Crippen molar-refractivity contribution in [3.8, 4) is 0 Å². The molecule has 7 nitrogen and oxygen atoms in total. The lowest BCUT2D eigenvalue weighted by atomic mass is 10.1. The Morgan fingerprint density at radius 3 is 2.79 bits per heavy atom. The Kier molecular flexibility index (Phi) is 6.31. The van der Waals surface area contributed by atoms with Crippen LogP contribution in [-0.2, 0) is 0 Å². The molecule has 0 aromatic carbocycles. The maximum absolute atomic E-state index is 14.7. The first-order chi connectivity index (χ1) is 13.9. The van der Waals surface area contributed by atoms with Crippen LogP contribution >= 0.6 is 0 Å². The van der Waals surface area contributed by atoms with Gasteiger partial charge in [0.05, 0.1) is 17.5 Å². The average Bonchev–Trinajstić information content (AvgIpc) is 2.88. The van der Waals surface area contributed by atoms with Gasteiger partial charge in [0.15, 0.2) is 11.6 Å². The third-order valence-electron chi connectivity index (χ3n) is 4.86. The summed E-state index contributed by atoms with van der Waals surface area (Å²) in [5.41, 5.74) is 3.58. The number of nitrogens with one attached hydrogen (secondary N) is 1. The van der Waals surface area contributed by atoms with E-state index in [9.17, 15) is 9.30 Å². The van der Waals surface area contributed by atoms with E-state index in [1.165, 1.54) is 0 Å². The first-order valence-electron chi connectivity index (χ1n) is 9.54. The van der Waals surface area contributed by atoms with E-state index in [1.54, 1.807) is 31.6 Å². The molecule has 0 saturated heterocycles. The summed E-state index contributed by atoms with van der Waals surface area (Å²) in [4.78, 5) is 26.0. The molecule has 1 N–H and O–H groups in total. The lowest BCUT2D eigenvalue weighted by Crippen LogP contribution is -2.14. The number of rotatable bonds is 6. The van der Waals surface area contributed by atoms with E-state index in [4.69, 9.17) is 0 Å². The van der Waals surface area contributed by atoms with Crippen molar-refractivity contribution in [2.75, 3.05) is 24.3 Å². The second-order valence-electron chi connectivity index (χ2n) is 7.35. The molecule has 0 saturated carbocycles. The Morgan fingerprint density at radius 2 is 2.07 bits per heavy atom. The molecule has 152 valence electrons. The summed E-state index contributed by atoms with van der Waals surface area (Å²) in [5, 5.41) is 6.36. The Balaban J connectivity index is 2.08. The van der Waals surface area contributed by atoms with E-state index in [2.05, 4.69) is 25.4 Å². The van der Waals surface area contributed by atoms with E-state index < -0.39 is 6.04 Å². The van der Waals surface area contributed by atoms with E-state index in [0.29, 0.717) is 34.9 Å². The third kappa shape index (κ3) is 4.64. The number of nitrogens with zero attached hydrogens (tertiary/aromatic N) is 5. The van der Waals surface area contributed by atoms with Gasteiger partial charge in [-0.2, -0.15) is 4.91 Å². The molecule has 0 spiro atoms. The van der Waals surface area contributed by atoms with Crippen molar-refractivity contribution in [1.82, 2.24) is 15.0 Å². The third-order valence-corrected chi connectivity index (χ3v) is 4.86. The highest BCUT2D eigenvalue weighted by molar-refractivity contribution is 5.77. The second-order valence-corrected chi connectivity index (χ2v) is 7.35. The van der Waals surface area contributed by atoms with Gasteiger partial charge in [-0.15, -0.1) is 0 Å². The van der Waals surface area contributed by atoms with E-state index >= 15 is 0 Å². The van der Waals surface area contributed by atoms with E-state index in [1.807, 2.05) is 32.0 Å². The molecule has 1 aliphatic rings. The zero-order chi connectivity index (χ0) is 21.0. The highest BCUT2D eigenvalue weighted by Gasteiger charge is 2.18. The molecule has 29 heavy (non-hydrogen) atoms. The minimum atomic E-state index is -0.567. The van der Waals surface area contributed by atoms with Gasteiger partial charge in [0.1, 0.15) is 11.9 Å². The maximum atomic E-state index is 14.7. The van der Waals surface area contributed by atoms with Crippen LogP contribution in [0.25, 0.3) is 5.57 Å². The van der Waals surface area contributed by atoms with Crippen molar-refractivity contribution >= 4 is 22.8 Å². The molecular weight excluding hydrogens is 371 g/mol. The SMILES string of the molecule is CC1=CC(c2ncc(N(C)C)c(Nc3ccncc3C(C)N=O)n2)=C(F)CCC1. The van der Waals surface area contributed by atoms with E-state index in [0.717, 1.165) is 24.1 Å². The fourth-order valence-corrected chi connectivity index (χ4v) is 3.20. The van der Waals surface area contributed by atoms with Gasteiger partial charge in [0, 0.05) is 44.2 Å². The molecule has 0 fully saturated rings. The molecule has 2 aromatic heterocycles. The summed E-state index contributed by atoms with van der Waals surface area (Å²) >= 11 is 0. The van der Waals surface area contributed by atoms with Crippen molar-refractivity contribution in [2.45, 2.75) is 39.2 Å². The number of pyridine rings is 1. The van der Waals surface area contributed by atoms with Crippen LogP contribution in [0, 0.1) is 4.91 Å². The number of anilines is 3. The molecule has 2 heterocycles. The zero-order valence-electron chi connectivity index (χ0n) is 17.1. The van der Waals surface area contributed by atoms with Gasteiger partial charge < -0.3 is 10.2 Å². The van der Waals surface area contributed by atoms with Crippen molar-refractivity contribution < 1.29 is 4.39 Å². The Labute approximate surface area is 169 Å². The summed E-state index contributed by atoms with van der Waals surface area (Å²) in [6, 6.07) is 1.19. The second kappa shape index (κ2) is 8.89. The topological polar surface area (TPSA) is 83.4 Å². The highest BCUT2D eigenvalue weighted by atomic mass is 19.1. The Bertz CT molecular complexity index is 969. The first-order valence-corrected chi connectivity index (χ1v) is 9.54. The molecule has 0 radical (unpaired) electrons. The summed E-state index contributed by atoms with van der Waals surface area (Å²) < 4.78 is 14.7. The molecular formula is C21H25FN6O. The fourth-order valence-electron chi connectivity index (χ4n) is 3.20. The number of aromatic nitrogens is 3. The summed E-state index contributed by atoms with van der Waals surface area (Å²) in [5.74, 6) is 0.643. The van der Waals surface area contributed by atoms with Crippen LogP contribution in [0.15, 0.2) is 47.3 Å². The molecule has 3 rings (SSSR count). The number of hydrogen-bond donors (Lipinski definition) is 1. The average molecular weight is 396 g/mol. The number of hydrogen-bond acceptors (Lipinski definition) is 7. The van der Waals surface area contributed by atoms with Crippen LogP contribution in [0.5, 0.6) is 0 Å². The number of allylic oxidation sites excluding steroid dienone is 4. The lowest BCUT2D eigenvalue weighted by molar-refractivity contribution is 0.580. The molecule has 1 unspecified atom stereocenters. The van der Waals surface area contributed by atoms with Crippen LogP contribution < -0.4 is 10.2 Å². The monoisotopic (exact) mass is 396 g/mol. The van der Waals surface area contributed by atoms with Crippen molar-refractivity contribution in [2.24, 2.45) is 5.18 Å². The van der Waals surface area contributed by atoms with Crippen LogP contribution in [0.1, 0.15) is 50.5 Å². The predicted molar refractivity (Wildman–Crippen MR) is 114 cm³/mol. The van der Waals surface area contributed by atoms with Crippen molar-refractivity contribution in [1.29, 1.82) is 0 Å². The highest BCUT2D eigenvalue weighted by Crippen LogP contribution is 2.33. The fraction of sp³-hybridized carbons (Fsp3) is 0.381. The Morgan fingerprint density at radius 1 is 1.28 bits per heavy atom. The summed E-state index contributed by atoms with van der Waals surface area (Å²) in [6.45, 7) is 3.69. The molecule has 2 aromatic rings. The Hall–Kier alpha value is -3.16. The number of nitroso groups, excluding NO2 is 1. The summed E-state index contributed by atoms with van der Waals surface area (Å²) in [6.07, 6.45) is 8.73. The standard InChI is InChI=1S/C21H25FN6O/c1-13-6-5-7-17(22)15(10-13)20-24-12-19(28(3)4)21(26-20)25-18-8-9-23-11-16(18)14(2)27-29/h8-12,14H,5-7H2,1-4H3,(H,23,24,25,26). The molecule has 0 amide bonds. The summed E-state index contributed by atoms with van der Waals surface area (Å²) in [7, 11) is 3.75. The van der Waals surface area contributed by atoms with Gasteiger partial charge in [-0.25, -0.2) is 14.4 Å². The van der Waals surface area contributed by atoms with Gasteiger partial charge in [0.25, 0.3) is 0 Å². The van der Waals surface area contributed by atoms with Gasteiger partial charge in [-0.3, -0.25) is 4.98 Å². The van der Waals surface area contributed by atoms with Crippen molar-refractivity contribution in [3.63, 3.8) is 0 Å². The van der Waals surface area contributed by atoms with Gasteiger partial charge >= 0.3 is 0 Å². The molecule has 1 aliphatic carbocycles. The van der Waals surface area contributed by atoms with Crippen LogP contribution in [0.3, 0.4) is 0 Å². The van der Waals surface area contributed by atoms with Gasteiger partial charge in [0.2, 0.25) is 0 Å². The normalized spacial score (nSPS) is 15.4. The lowest BCUT2D eigenvalue weighted by Gasteiger charge is -2.19. The quantitative estimate of drug-likeness (QED) is 0.666. The largest absolute Gasteiger partial charge is 0.373 e. The minimum absolute atomic E-state index is 0.200. The molecule has 0 bridgehead atoms. The van der Waals surface area contributed by atoms with Gasteiger partial charge in [-0.1, -0.05) is 10.7 Å². The molecule has 8 heteroatoms. The molecule has 0 aliphatic heterocycles. The van der Waals surface area contributed by atoms with Crippen LogP contribution in [0.4, 0.5) is 21.6 Å². The van der Waals surface area contributed by atoms with E-state index in [-0.39, 0.29) is 5.83 Å². The smallest absolute Gasteiger partial charge is 0.164 e. The first kappa shape index (κ1) is 20.6. The number of halogens is 1. The predicted octanol–water partition coefficient (Wildman–Crippen LogP) is 5.32. The minimum Gasteiger partial charge on any atom is -0.373 e.